The average Bonchev–Trinajstić information content (AvgIpc) is 2.72. The second-order valence-electron chi connectivity index (χ2n) is 8.28. The number of carbonyl (C=O) groups excluding carboxylic acids is 1. The zero-order chi connectivity index (χ0) is 24.6. The topological polar surface area (TPSA) is 75.3 Å². The van der Waals surface area contributed by atoms with Gasteiger partial charge in [0, 0.05) is 6.04 Å². The summed E-state index contributed by atoms with van der Waals surface area (Å²) in [5.41, 5.74) is -2.08. The summed E-state index contributed by atoms with van der Waals surface area (Å²) in [6, 6.07) is 4.72. The predicted molar refractivity (Wildman–Crippen MR) is 117 cm³/mol. The Kier molecular flexibility index (Phi) is 7.40. The van der Waals surface area contributed by atoms with E-state index in [-0.39, 0.29) is 27.6 Å². The van der Waals surface area contributed by atoms with E-state index in [0.717, 1.165) is 43.2 Å². The molecule has 33 heavy (non-hydrogen) atoms. The van der Waals surface area contributed by atoms with Gasteiger partial charge in [0.1, 0.15) is 5.82 Å². The van der Waals surface area contributed by atoms with Crippen LogP contribution in [0.4, 0.5) is 23.2 Å². The van der Waals surface area contributed by atoms with Gasteiger partial charge in [0.25, 0.3) is 5.91 Å². The van der Waals surface area contributed by atoms with E-state index >= 15 is 0 Å². The maximum absolute atomic E-state index is 14.4. The maximum atomic E-state index is 14.4. The third-order valence-electron chi connectivity index (χ3n) is 6.05. The van der Waals surface area contributed by atoms with Gasteiger partial charge in [-0.15, -0.1) is 0 Å². The van der Waals surface area contributed by atoms with Crippen LogP contribution < -0.4 is 10.0 Å². The average molecular weight is 507 g/mol. The highest BCUT2D eigenvalue weighted by atomic mass is 35.5. The first kappa shape index (κ1) is 25.5. The van der Waals surface area contributed by atoms with E-state index in [9.17, 15) is 30.8 Å². The molecule has 0 unspecified atom stereocenters. The molecule has 1 fully saturated rings. The van der Waals surface area contributed by atoms with Crippen molar-refractivity contribution in [2.24, 2.45) is 11.8 Å². The van der Waals surface area contributed by atoms with Gasteiger partial charge in [-0.1, -0.05) is 38.3 Å². The number of amides is 1. The molecule has 3 rings (SSSR count). The SMILES string of the molecule is C[C@@H]1[C@H](C)CCC[C@@H]1NS(=O)(=O)c1ccc(F)c(C(=O)Nc2cc(C(F)(F)F)ccc2Cl)c1. The number of alkyl halides is 3. The van der Waals surface area contributed by atoms with Gasteiger partial charge in [0.15, 0.2) is 0 Å². The van der Waals surface area contributed by atoms with Crippen molar-refractivity contribution < 1.29 is 30.8 Å². The summed E-state index contributed by atoms with van der Waals surface area (Å²) >= 11 is 5.87. The molecule has 11 heteroatoms. The van der Waals surface area contributed by atoms with Gasteiger partial charge in [-0.25, -0.2) is 17.5 Å². The Morgan fingerprint density at radius 2 is 1.79 bits per heavy atom. The van der Waals surface area contributed by atoms with Crippen molar-refractivity contribution in [3.63, 3.8) is 0 Å². The first-order chi connectivity index (χ1) is 15.3. The third kappa shape index (κ3) is 5.85. The molecule has 0 aliphatic heterocycles. The van der Waals surface area contributed by atoms with E-state index < -0.39 is 39.1 Å². The van der Waals surface area contributed by atoms with Gasteiger partial charge in [-0.05, 0) is 54.7 Å². The highest BCUT2D eigenvalue weighted by Crippen LogP contribution is 2.34. The van der Waals surface area contributed by atoms with E-state index in [1.165, 1.54) is 0 Å². The first-order valence-electron chi connectivity index (χ1n) is 10.3. The molecule has 0 saturated heterocycles. The van der Waals surface area contributed by atoms with Crippen molar-refractivity contribution in [3.8, 4) is 0 Å². The molecule has 2 N–H and O–H groups in total. The van der Waals surface area contributed by atoms with Crippen LogP contribution in [0.15, 0.2) is 41.3 Å². The van der Waals surface area contributed by atoms with Crippen molar-refractivity contribution in [3.05, 3.63) is 58.4 Å². The van der Waals surface area contributed by atoms with Gasteiger partial charge in [0.05, 0.1) is 26.7 Å². The van der Waals surface area contributed by atoms with Gasteiger partial charge in [-0.3, -0.25) is 4.79 Å². The van der Waals surface area contributed by atoms with Crippen molar-refractivity contribution in [2.45, 2.75) is 50.2 Å². The summed E-state index contributed by atoms with van der Waals surface area (Å²) in [4.78, 5) is 12.3. The largest absolute Gasteiger partial charge is 0.416 e. The highest BCUT2D eigenvalue weighted by Gasteiger charge is 2.32. The summed E-state index contributed by atoms with van der Waals surface area (Å²) in [5, 5.41) is 1.93. The maximum Gasteiger partial charge on any atom is 0.416 e. The van der Waals surface area contributed by atoms with E-state index in [1.54, 1.807) is 0 Å². The van der Waals surface area contributed by atoms with Crippen LogP contribution in [0.1, 0.15) is 49.0 Å². The molecule has 0 spiro atoms. The van der Waals surface area contributed by atoms with Crippen molar-refractivity contribution in [1.82, 2.24) is 4.72 Å². The lowest BCUT2D eigenvalue weighted by molar-refractivity contribution is -0.137. The van der Waals surface area contributed by atoms with Crippen LogP contribution in [0.5, 0.6) is 0 Å². The van der Waals surface area contributed by atoms with Crippen LogP contribution in [0.2, 0.25) is 5.02 Å². The van der Waals surface area contributed by atoms with Gasteiger partial charge < -0.3 is 5.32 Å². The lowest BCUT2D eigenvalue weighted by Crippen LogP contribution is -2.43. The number of hydrogen-bond acceptors (Lipinski definition) is 3. The fourth-order valence-electron chi connectivity index (χ4n) is 3.85. The molecular weight excluding hydrogens is 484 g/mol. The Balaban J connectivity index is 1.86. The Bertz CT molecular complexity index is 1150. The molecule has 0 heterocycles. The minimum Gasteiger partial charge on any atom is -0.321 e. The van der Waals surface area contributed by atoms with Crippen LogP contribution in [0.3, 0.4) is 0 Å². The number of rotatable bonds is 5. The van der Waals surface area contributed by atoms with Crippen molar-refractivity contribution in [1.29, 1.82) is 0 Å². The van der Waals surface area contributed by atoms with E-state index in [1.807, 2.05) is 13.8 Å². The van der Waals surface area contributed by atoms with Gasteiger partial charge in [-0.2, -0.15) is 13.2 Å². The predicted octanol–water partition coefficient (Wildman–Crippen LogP) is 5.85. The first-order valence-corrected chi connectivity index (χ1v) is 12.2. The number of carbonyl (C=O) groups is 1. The Hall–Kier alpha value is -2.17. The second-order valence-corrected chi connectivity index (χ2v) is 10.4. The van der Waals surface area contributed by atoms with E-state index in [4.69, 9.17) is 11.6 Å². The molecule has 1 saturated carbocycles. The normalized spacial score (nSPS) is 21.6. The third-order valence-corrected chi connectivity index (χ3v) is 7.87. The molecular formula is C22H23ClF4N2O3S. The minimum atomic E-state index is -4.68. The molecule has 5 nitrogen and oxygen atoms in total. The summed E-state index contributed by atoms with van der Waals surface area (Å²) in [6.45, 7) is 4.00. The second kappa shape index (κ2) is 9.60. The fourth-order valence-corrected chi connectivity index (χ4v) is 5.40. The summed E-state index contributed by atoms with van der Waals surface area (Å²) in [5.74, 6) is -1.74. The van der Waals surface area contributed by atoms with Crippen LogP contribution in [-0.4, -0.2) is 20.4 Å². The lowest BCUT2D eigenvalue weighted by Gasteiger charge is -2.34. The molecule has 180 valence electrons. The van der Waals surface area contributed by atoms with Crippen LogP contribution in [0.25, 0.3) is 0 Å². The number of anilines is 1. The van der Waals surface area contributed by atoms with Crippen LogP contribution in [-0.2, 0) is 16.2 Å². The Morgan fingerprint density at radius 3 is 2.45 bits per heavy atom. The zero-order valence-corrected chi connectivity index (χ0v) is 19.4. The zero-order valence-electron chi connectivity index (χ0n) is 17.8. The molecule has 1 amide bonds. The van der Waals surface area contributed by atoms with Crippen LogP contribution >= 0.6 is 11.6 Å². The van der Waals surface area contributed by atoms with Crippen molar-refractivity contribution in [2.75, 3.05) is 5.32 Å². The molecule has 0 radical (unpaired) electrons. The van der Waals surface area contributed by atoms with Crippen molar-refractivity contribution >= 4 is 33.2 Å². The number of hydrogen-bond donors (Lipinski definition) is 2. The fraction of sp³-hybridized carbons (Fsp3) is 0.409. The molecule has 2 aromatic rings. The Labute approximate surface area is 194 Å². The summed E-state index contributed by atoms with van der Waals surface area (Å²) in [7, 11) is -4.07. The standard InChI is InChI=1S/C22H23ClF4N2O3S/c1-12-4-3-5-19(13(12)2)29-33(31,32)15-7-9-18(24)16(11-15)21(30)28-20-10-14(22(25,26)27)6-8-17(20)23/h6-13,19,29H,3-5H2,1-2H3,(H,28,30)/t12-,13-,19+/m1/s1. The lowest BCUT2D eigenvalue weighted by atomic mass is 9.78. The molecule has 1 aliphatic rings. The number of nitrogens with one attached hydrogen (secondary N) is 2. The van der Waals surface area contributed by atoms with Gasteiger partial charge in [0.2, 0.25) is 10.0 Å². The minimum absolute atomic E-state index is 0.0970. The van der Waals surface area contributed by atoms with E-state index in [2.05, 4.69) is 10.0 Å². The Morgan fingerprint density at radius 1 is 1.09 bits per heavy atom. The molecule has 0 bridgehead atoms. The smallest absolute Gasteiger partial charge is 0.321 e. The van der Waals surface area contributed by atoms with Gasteiger partial charge >= 0.3 is 6.18 Å². The van der Waals surface area contributed by atoms with Crippen LogP contribution in [0, 0.1) is 17.7 Å². The molecule has 0 aromatic heterocycles. The quantitative estimate of drug-likeness (QED) is 0.499. The number of halogens is 5. The summed E-state index contributed by atoms with van der Waals surface area (Å²) < 4.78 is 81.7. The number of sulfonamides is 1. The molecule has 3 atom stereocenters. The summed E-state index contributed by atoms with van der Waals surface area (Å²) in [6.07, 6.45) is -2.15. The molecule has 1 aliphatic carbocycles. The highest BCUT2D eigenvalue weighted by molar-refractivity contribution is 7.89. The molecule has 2 aromatic carbocycles. The monoisotopic (exact) mass is 506 g/mol. The van der Waals surface area contributed by atoms with E-state index in [0.29, 0.717) is 18.4 Å². The number of benzene rings is 2.